The highest BCUT2D eigenvalue weighted by Gasteiger charge is 2.34. The van der Waals surface area contributed by atoms with E-state index in [2.05, 4.69) is 36.5 Å². The number of carbonyl (C=O) groups excluding carboxylic acids is 2. The third kappa shape index (κ3) is 3.77. The van der Waals surface area contributed by atoms with Gasteiger partial charge in [-0.15, -0.1) is 0 Å². The number of rotatable bonds is 4. The highest BCUT2D eigenvalue weighted by Crippen LogP contribution is 2.31. The number of halogens is 1. The number of nitrogens with zero attached hydrogens (tertiary/aromatic N) is 1. The van der Waals surface area contributed by atoms with Crippen LogP contribution < -0.4 is 16.2 Å². The summed E-state index contributed by atoms with van der Waals surface area (Å²) in [5.74, 6) is -0.783. The van der Waals surface area contributed by atoms with Gasteiger partial charge in [0.1, 0.15) is 5.82 Å². The van der Waals surface area contributed by atoms with E-state index < -0.39 is 17.4 Å². The maximum Gasteiger partial charge on any atom is 0.257 e. The Bertz CT molecular complexity index is 899. The number of benzene rings is 1. The van der Waals surface area contributed by atoms with Crippen molar-refractivity contribution in [3.05, 3.63) is 44.7 Å². The Balaban J connectivity index is 1.96. The molecule has 9 heteroatoms. The van der Waals surface area contributed by atoms with Gasteiger partial charge in [0.15, 0.2) is 5.16 Å². The molecule has 25 heavy (non-hydrogen) atoms. The van der Waals surface area contributed by atoms with E-state index >= 15 is 0 Å². The summed E-state index contributed by atoms with van der Waals surface area (Å²) in [6, 6.07) is 7.13. The van der Waals surface area contributed by atoms with Gasteiger partial charge >= 0.3 is 0 Å². The zero-order chi connectivity index (χ0) is 18.0. The quantitative estimate of drug-likeness (QED) is 0.518. The summed E-state index contributed by atoms with van der Waals surface area (Å²) in [7, 11) is 0. The van der Waals surface area contributed by atoms with Crippen molar-refractivity contribution < 1.29 is 9.59 Å². The van der Waals surface area contributed by atoms with Crippen LogP contribution in [0.15, 0.2) is 38.7 Å². The van der Waals surface area contributed by atoms with Gasteiger partial charge in [0, 0.05) is 10.9 Å². The molecule has 0 saturated carbocycles. The van der Waals surface area contributed by atoms with Gasteiger partial charge in [0.05, 0.1) is 17.2 Å². The van der Waals surface area contributed by atoms with Crippen LogP contribution in [0.1, 0.15) is 24.8 Å². The first-order valence-electron chi connectivity index (χ1n) is 7.61. The van der Waals surface area contributed by atoms with Crippen LogP contribution in [0.25, 0.3) is 0 Å². The third-order valence-electron chi connectivity index (χ3n) is 3.66. The zero-order valence-electron chi connectivity index (χ0n) is 13.3. The van der Waals surface area contributed by atoms with Crippen molar-refractivity contribution in [3.8, 4) is 0 Å². The predicted octanol–water partition coefficient (Wildman–Crippen LogP) is 2.71. The van der Waals surface area contributed by atoms with Crippen molar-refractivity contribution in [2.45, 2.75) is 24.4 Å². The van der Waals surface area contributed by atoms with E-state index in [4.69, 9.17) is 0 Å². The van der Waals surface area contributed by atoms with Crippen molar-refractivity contribution in [2.24, 2.45) is 0 Å². The number of hydrogen-bond donors (Lipinski definition) is 3. The number of para-hydroxylation sites is 1. The summed E-state index contributed by atoms with van der Waals surface area (Å²) in [6.07, 6.45) is -0.103. The number of anilines is 2. The second kappa shape index (κ2) is 7.40. The maximum absolute atomic E-state index is 12.7. The number of fused-ring (bicyclic) bond motifs is 1. The number of amides is 2. The molecule has 0 fully saturated rings. The Hall–Kier alpha value is -2.13. The van der Waals surface area contributed by atoms with E-state index in [0.717, 1.165) is 5.75 Å². The minimum atomic E-state index is -0.896. The van der Waals surface area contributed by atoms with Crippen LogP contribution in [0, 0.1) is 0 Å². The summed E-state index contributed by atoms with van der Waals surface area (Å²) in [5, 5.41) is 5.76. The number of aromatic amines is 1. The maximum atomic E-state index is 12.7. The number of thioether (sulfide) groups is 1. The van der Waals surface area contributed by atoms with Gasteiger partial charge in [-0.1, -0.05) is 30.8 Å². The number of carbonyl (C=O) groups is 2. The number of aromatic nitrogens is 2. The number of nitrogens with one attached hydrogen (secondary N) is 3. The van der Waals surface area contributed by atoms with Crippen LogP contribution in [0.3, 0.4) is 0 Å². The molecule has 1 aliphatic rings. The van der Waals surface area contributed by atoms with Crippen molar-refractivity contribution in [2.75, 3.05) is 16.4 Å². The summed E-state index contributed by atoms with van der Waals surface area (Å²) in [5.41, 5.74) is 0.348. The van der Waals surface area contributed by atoms with E-state index in [1.807, 2.05) is 13.0 Å². The van der Waals surface area contributed by atoms with Crippen molar-refractivity contribution in [1.82, 2.24) is 9.97 Å². The Morgan fingerprint density at radius 1 is 1.40 bits per heavy atom. The molecule has 0 spiro atoms. The van der Waals surface area contributed by atoms with E-state index in [0.29, 0.717) is 15.3 Å². The Kier molecular flexibility index (Phi) is 5.24. The lowest BCUT2D eigenvalue weighted by molar-refractivity contribution is -0.123. The lowest BCUT2D eigenvalue weighted by atomic mass is 9.92. The van der Waals surface area contributed by atoms with Crippen LogP contribution in [-0.2, 0) is 9.59 Å². The molecule has 0 saturated heterocycles. The fourth-order valence-corrected chi connectivity index (χ4v) is 3.54. The fraction of sp³-hybridized carbons (Fsp3) is 0.250. The van der Waals surface area contributed by atoms with E-state index in [-0.39, 0.29) is 23.7 Å². The second-order valence-corrected chi connectivity index (χ2v) is 7.45. The molecule has 0 aliphatic carbocycles. The molecule has 1 aromatic heterocycles. The second-order valence-electron chi connectivity index (χ2n) is 5.34. The molecular weight excluding hydrogens is 408 g/mol. The summed E-state index contributed by atoms with van der Waals surface area (Å²) in [4.78, 5) is 44.0. The Labute approximate surface area is 156 Å². The largest absolute Gasteiger partial charge is 0.325 e. The fourth-order valence-electron chi connectivity index (χ4n) is 2.56. The Morgan fingerprint density at radius 3 is 2.88 bits per heavy atom. The molecule has 2 amide bonds. The van der Waals surface area contributed by atoms with E-state index in [1.165, 1.54) is 11.8 Å². The molecule has 3 N–H and O–H groups in total. The molecule has 0 unspecified atom stereocenters. The number of H-pyrrole nitrogens is 1. The molecule has 0 radical (unpaired) electrons. The zero-order valence-corrected chi connectivity index (χ0v) is 15.7. The van der Waals surface area contributed by atoms with Crippen molar-refractivity contribution in [3.63, 3.8) is 0 Å². The third-order valence-corrected chi connectivity index (χ3v) is 5.11. The topological polar surface area (TPSA) is 104 Å². The first-order chi connectivity index (χ1) is 12.0. The molecule has 130 valence electrons. The standard InChI is InChI=1S/C16H15BrN4O3S/c1-2-25-16-20-13-12(15(24)21-16)8(7-11(22)19-13)14(23)18-10-6-4-3-5-9(10)17/h3-6,8H,2,7H2,1H3,(H,18,23)(H2,19,20,21,22,24)/t8-/m1/s1. The highest BCUT2D eigenvalue weighted by atomic mass is 79.9. The molecule has 2 aromatic rings. The normalized spacial score (nSPS) is 16.1. The SMILES string of the molecule is CCSc1nc2c(c(=O)[nH]1)[C@H](C(=O)Nc1ccccc1Br)CC(=O)N2. The van der Waals surface area contributed by atoms with Crippen molar-refractivity contribution in [1.29, 1.82) is 0 Å². The van der Waals surface area contributed by atoms with Gasteiger partial charge < -0.3 is 15.6 Å². The van der Waals surface area contributed by atoms with Gasteiger partial charge in [-0.05, 0) is 33.8 Å². The molecule has 1 aromatic carbocycles. The highest BCUT2D eigenvalue weighted by molar-refractivity contribution is 9.10. The Morgan fingerprint density at radius 2 is 2.16 bits per heavy atom. The minimum absolute atomic E-state index is 0.103. The average molecular weight is 423 g/mol. The van der Waals surface area contributed by atoms with Crippen LogP contribution >= 0.6 is 27.7 Å². The van der Waals surface area contributed by atoms with Crippen LogP contribution in [-0.4, -0.2) is 27.5 Å². The van der Waals surface area contributed by atoms with Crippen LogP contribution in [0.2, 0.25) is 0 Å². The molecule has 0 bridgehead atoms. The summed E-state index contributed by atoms with van der Waals surface area (Å²) >= 11 is 4.71. The first-order valence-corrected chi connectivity index (χ1v) is 9.39. The molecule has 1 atom stereocenters. The van der Waals surface area contributed by atoms with E-state index in [1.54, 1.807) is 18.2 Å². The van der Waals surface area contributed by atoms with Crippen molar-refractivity contribution >= 4 is 51.0 Å². The van der Waals surface area contributed by atoms with Gasteiger partial charge in [0.25, 0.3) is 5.56 Å². The van der Waals surface area contributed by atoms with Gasteiger partial charge in [0.2, 0.25) is 11.8 Å². The van der Waals surface area contributed by atoms with E-state index in [9.17, 15) is 14.4 Å². The van der Waals surface area contributed by atoms with Gasteiger partial charge in [-0.2, -0.15) is 0 Å². The molecular formula is C16H15BrN4O3S. The summed E-state index contributed by atoms with van der Waals surface area (Å²) in [6.45, 7) is 1.93. The molecule has 3 rings (SSSR count). The smallest absolute Gasteiger partial charge is 0.257 e. The summed E-state index contributed by atoms with van der Waals surface area (Å²) < 4.78 is 0.713. The number of hydrogen-bond acceptors (Lipinski definition) is 5. The lowest BCUT2D eigenvalue weighted by Gasteiger charge is -2.23. The van der Waals surface area contributed by atoms with Gasteiger partial charge in [-0.3, -0.25) is 14.4 Å². The molecule has 2 heterocycles. The molecule has 7 nitrogen and oxygen atoms in total. The minimum Gasteiger partial charge on any atom is -0.325 e. The predicted molar refractivity (Wildman–Crippen MR) is 100 cm³/mol. The van der Waals surface area contributed by atoms with Crippen LogP contribution in [0.5, 0.6) is 0 Å². The van der Waals surface area contributed by atoms with Crippen LogP contribution in [0.4, 0.5) is 11.5 Å². The molecule has 1 aliphatic heterocycles. The van der Waals surface area contributed by atoms with Gasteiger partial charge in [-0.25, -0.2) is 4.98 Å². The lowest BCUT2D eigenvalue weighted by Crippen LogP contribution is -2.36. The first kappa shape index (κ1) is 17.7. The monoisotopic (exact) mass is 422 g/mol. The average Bonchev–Trinajstić information content (AvgIpc) is 2.56.